The first-order chi connectivity index (χ1) is 9.06. The standard InChI is InChI=1S/C14H20N4O/c1-11-9-12(18(2)17-11)13(19)16-14(10-15)7-5-3-4-6-8-14/h9H,3-8H2,1-2H3,(H,16,19). The topological polar surface area (TPSA) is 70.7 Å². The van der Waals surface area contributed by atoms with Gasteiger partial charge in [0.05, 0.1) is 11.8 Å². The molecule has 1 aliphatic rings. The molecule has 0 atom stereocenters. The third-order valence-corrected chi connectivity index (χ3v) is 3.76. The number of carbonyl (C=O) groups excluding carboxylic acids is 1. The molecule has 5 heteroatoms. The van der Waals surface area contributed by atoms with Gasteiger partial charge in [-0.05, 0) is 25.8 Å². The first-order valence-corrected chi connectivity index (χ1v) is 6.81. The minimum Gasteiger partial charge on any atom is -0.332 e. The molecule has 0 radical (unpaired) electrons. The van der Waals surface area contributed by atoms with Crippen LogP contribution in [0, 0.1) is 18.3 Å². The van der Waals surface area contributed by atoms with Crippen molar-refractivity contribution in [1.82, 2.24) is 15.1 Å². The molecule has 0 spiro atoms. The number of nitrogens with one attached hydrogen (secondary N) is 1. The zero-order chi connectivity index (χ0) is 13.9. The Labute approximate surface area is 113 Å². The van der Waals surface area contributed by atoms with Crippen LogP contribution in [0.25, 0.3) is 0 Å². The Hall–Kier alpha value is -1.83. The summed E-state index contributed by atoms with van der Waals surface area (Å²) >= 11 is 0. The molecule has 0 aliphatic heterocycles. The van der Waals surface area contributed by atoms with E-state index in [9.17, 15) is 10.1 Å². The SMILES string of the molecule is Cc1cc(C(=O)NC2(C#N)CCCCCC2)n(C)n1. The molecule has 0 bridgehead atoms. The van der Waals surface area contributed by atoms with Gasteiger partial charge < -0.3 is 5.32 Å². The fraction of sp³-hybridized carbons (Fsp3) is 0.643. The average molecular weight is 260 g/mol. The van der Waals surface area contributed by atoms with Crippen LogP contribution in [0.15, 0.2) is 6.07 Å². The summed E-state index contributed by atoms with van der Waals surface area (Å²) in [6.07, 6.45) is 5.77. The molecule has 0 aromatic carbocycles. The van der Waals surface area contributed by atoms with E-state index in [0.717, 1.165) is 44.2 Å². The normalized spacial score (nSPS) is 18.4. The van der Waals surface area contributed by atoms with Gasteiger partial charge in [-0.2, -0.15) is 10.4 Å². The van der Waals surface area contributed by atoms with Crippen molar-refractivity contribution in [3.63, 3.8) is 0 Å². The molecule has 1 aromatic heterocycles. The number of aromatic nitrogens is 2. The van der Waals surface area contributed by atoms with Crippen molar-refractivity contribution in [3.8, 4) is 6.07 Å². The van der Waals surface area contributed by atoms with Crippen LogP contribution >= 0.6 is 0 Å². The molecule has 1 N–H and O–H groups in total. The van der Waals surface area contributed by atoms with Gasteiger partial charge in [0.2, 0.25) is 0 Å². The molecular formula is C14H20N4O. The van der Waals surface area contributed by atoms with Crippen LogP contribution in [0.3, 0.4) is 0 Å². The van der Waals surface area contributed by atoms with Crippen LogP contribution < -0.4 is 5.32 Å². The van der Waals surface area contributed by atoms with Crippen molar-refractivity contribution < 1.29 is 4.79 Å². The number of nitrogens with zero attached hydrogens (tertiary/aromatic N) is 3. The van der Waals surface area contributed by atoms with Crippen molar-refractivity contribution >= 4 is 5.91 Å². The minimum absolute atomic E-state index is 0.202. The van der Waals surface area contributed by atoms with E-state index in [0.29, 0.717) is 5.69 Å². The number of amides is 1. The van der Waals surface area contributed by atoms with E-state index in [1.807, 2.05) is 6.92 Å². The Kier molecular flexibility index (Phi) is 3.89. The molecular weight excluding hydrogens is 240 g/mol. The Morgan fingerprint density at radius 1 is 1.42 bits per heavy atom. The number of aryl methyl sites for hydroxylation is 2. The van der Waals surface area contributed by atoms with Gasteiger partial charge in [-0.25, -0.2) is 0 Å². The van der Waals surface area contributed by atoms with Crippen molar-refractivity contribution in [2.24, 2.45) is 7.05 Å². The fourth-order valence-electron chi connectivity index (χ4n) is 2.70. The summed E-state index contributed by atoms with van der Waals surface area (Å²) in [6, 6.07) is 4.07. The second-order valence-corrected chi connectivity index (χ2v) is 5.36. The fourth-order valence-corrected chi connectivity index (χ4v) is 2.70. The smallest absolute Gasteiger partial charge is 0.270 e. The molecule has 0 unspecified atom stereocenters. The number of hydrogen-bond acceptors (Lipinski definition) is 3. The predicted molar refractivity (Wildman–Crippen MR) is 71.5 cm³/mol. The molecule has 1 aliphatic carbocycles. The Balaban J connectivity index is 2.16. The molecule has 1 heterocycles. The quantitative estimate of drug-likeness (QED) is 0.827. The lowest BCUT2D eigenvalue weighted by Crippen LogP contribution is -2.47. The number of hydrogen-bond donors (Lipinski definition) is 1. The lowest BCUT2D eigenvalue weighted by molar-refractivity contribution is 0.0903. The van der Waals surface area contributed by atoms with Gasteiger partial charge in [0, 0.05) is 7.05 Å². The first kappa shape index (κ1) is 13.6. The summed E-state index contributed by atoms with van der Waals surface area (Å²) < 4.78 is 1.56. The van der Waals surface area contributed by atoms with Crippen LogP contribution in [-0.2, 0) is 7.05 Å². The number of nitriles is 1. The summed E-state index contributed by atoms with van der Waals surface area (Å²) in [4.78, 5) is 12.3. The van der Waals surface area contributed by atoms with E-state index < -0.39 is 5.54 Å². The largest absolute Gasteiger partial charge is 0.332 e. The minimum atomic E-state index is -0.703. The van der Waals surface area contributed by atoms with E-state index >= 15 is 0 Å². The first-order valence-electron chi connectivity index (χ1n) is 6.81. The lowest BCUT2D eigenvalue weighted by atomic mass is 9.91. The van der Waals surface area contributed by atoms with E-state index in [1.165, 1.54) is 0 Å². The summed E-state index contributed by atoms with van der Waals surface area (Å²) in [5.74, 6) is -0.202. The van der Waals surface area contributed by atoms with Crippen molar-refractivity contribution in [1.29, 1.82) is 5.26 Å². The monoisotopic (exact) mass is 260 g/mol. The van der Waals surface area contributed by atoms with Crippen LogP contribution in [0.4, 0.5) is 0 Å². The maximum Gasteiger partial charge on any atom is 0.270 e. The molecule has 5 nitrogen and oxygen atoms in total. The number of carbonyl (C=O) groups is 1. The van der Waals surface area contributed by atoms with E-state index in [-0.39, 0.29) is 5.91 Å². The molecule has 1 fully saturated rings. The predicted octanol–water partition coefficient (Wildman–Crippen LogP) is 2.07. The van der Waals surface area contributed by atoms with Gasteiger partial charge in [-0.3, -0.25) is 9.48 Å². The Bertz CT molecular complexity index is 504. The van der Waals surface area contributed by atoms with Gasteiger partial charge in [0.25, 0.3) is 5.91 Å². The van der Waals surface area contributed by atoms with Crippen molar-refractivity contribution in [2.75, 3.05) is 0 Å². The second-order valence-electron chi connectivity index (χ2n) is 5.36. The second kappa shape index (κ2) is 5.43. The maximum atomic E-state index is 12.3. The average Bonchev–Trinajstić information content (AvgIpc) is 2.60. The molecule has 0 saturated heterocycles. The third-order valence-electron chi connectivity index (χ3n) is 3.76. The van der Waals surface area contributed by atoms with E-state index in [1.54, 1.807) is 17.8 Å². The maximum absolute atomic E-state index is 12.3. The van der Waals surface area contributed by atoms with Crippen molar-refractivity contribution in [3.05, 3.63) is 17.5 Å². The van der Waals surface area contributed by atoms with Gasteiger partial charge in [0.1, 0.15) is 11.2 Å². The highest BCUT2D eigenvalue weighted by Gasteiger charge is 2.33. The summed E-state index contributed by atoms with van der Waals surface area (Å²) in [5.41, 5.74) is 0.613. The molecule has 2 rings (SSSR count). The number of rotatable bonds is 2. The highest BCUT2D eigenvalue weighted by molar-refractivity contribution is 5.93. The molecule has 102 valence electrons. The van der Waals surface area contributed by atoms with Gasteiger partial charge in [0.15, 0.2) is 0 Å². The van der Waals surface area contributed by atoms with E-state index in [4.69, 9.17) is 0 Å². The summed E-state index contributed by atoms with van der Waals surface area (Å²) in [5, 5.41) is 16.5. The summed E-state index contributed by atoms with van der Waals surface area (Å²) in [6.45, 7) is 1.85. The lowest BCUT2D eigenvalue weighted by Gasteiger charge is -2.26. The zero-order valence-electron chi connectivity index (χ0n) is 11.6. The summed E-state index contributed by atoms with van der Waals surface area (Å²) in [7, 11) is 1.74. The van der Waals surface area contributed by atoms with Crippen LogP contribution in [-0.4, -0.2) is 21.2 Å². The van der Waals surface area contributed by atoms with Crippen LogP contribution in [0.2, 0.25) is 0 Å². The third kappa shape index (κ3) is 2.95. The van der Waals surface area contributed by atoms with Crippen LogP contribution in [0.5, 0.6) is 0 Å². The highest BCUT2D eigenvalue weighted by Crippen LogP contribution is 2.26. The van der Waals surface area contributed by atoms with Gasteiger partial charge in [-0.15, -0.1) is 0 Å². The highest BCUT2D eigenvalue weighted by atomic mass is 16.2. The molecule has 1 aromatic rings. The Morgan fingerprint density at radius 3 is 2.53 bits per heavy atom. The Morgan fingerprint density at radius 2 is 2.05 bits per heavy atom. The van der Waals surface area contributed by atoms with Crippen molar-refractivity contribution in [2.45, 2.75) is 51.0 Å². The molecule has 19 heavy (non-hydrogen) atoms. The van der Waals surface area contributed by atoms with E-state index in [2.05, 4.69) is 16.5 Å². The molecule has 1 saturated carbocycles. The molecule has 1 amide bonds. The van der Waals surface area contributed by atoms with Crippen LogP contribution in [0.1, 0.15) is 54.7 Å². The zero-order valence-corrected chi connectivity index (χ0v) is 11.6. The van der Waals surface area contributed by atoms with Gasteiger partial charge in [-0.1, -0.05) is 25.7 Å². The van der Waals surface area contributed by atoms with Gasteiger partial charge >= 0.3 is 0 Å².